The quantitative estimate of drug-likeness (QED) is 0.857. The van der Waals surface area contributed by atoms with Crippen LogP contribution < -0.4 is 10.6 Å². The maximum absolute atomic E-state index is 12.5. The zero-order valence-corrected chi connectivity index (χ0v) is 9.11. The number of anilines is 1. The van der Waals surface area contributed by atoms with Crippen molar-refractivity contribution in [3.8, 4) is 0 Å². The SMILES string of the molecule is NCC1CCCN1c1nccc(C(F)(F)F)n1. The second kappa shape index (κ2) is 4.48. The predicted octanol–water partition coefficient (Wildman–Crippen LogP) is 1.42. The summed E-state index contributed by atoms with van der Waals surface area (Å²) in [6.45, 7) is 1.06. The minimum absolute atomic E-state index is 0.0403. The summed E-state index contributed by atoms with van der Waals surface area (Å²) in [4.78, 5) is 9.20. The molecule has 0 aliphatic carbocycles. The minimum atomic E-state index is -4.43. The molecule has 1 aliphatic heterocycles. The van der Waals surface area contributed by atoms with Crippen molar-refractivity contribution in [2.75, 3.05) is 18.0 Å². The Morgan fingerprint density at radius 3 is 2.88 bits per heavy atom. The highest BCUT2D eigenvalue weighted by Gasteiger charge is 2.34. The van der Waals surface area contributed by atoms with Crippen molar-refractivity contribution in [2.45, 2.75) is 25.1 Å². The van der Waals surface area contributed by atoms with Crippen LogP contribution in [0.15, 0.2) is 12.3 Å². The van der Waals surface area contributed by atoms with E-state index in [0.29, 0.717) is 13.1 Å². The van der Waals surface area contributed by atoms with E-state index in [1.165, 1.54) is 0 Å². The first-order valence-corrected chi connectivity index (χ1v) is 5.39. The fourth-order valence-corrected chi connectivity index (χ4v) is 1.99. The third kappa shape index (κ3) is 2.49. The van der Waals surface area contributed by atoms with Crippen molar-refractivity contribution in [3.63, 3.8) is 0 Å². The molecule has 0 radical (unpaired) electrons. The minimum Gasteiger partial charge on any atom is -0.337 e. The van der Waals surface area contributed by atoms with Crippen LogP contribution in [-0.2, 0) is 6.18 Å². The highest BCUT2D eigenvalue weighted by Crippen LogP contribution is 2.29. The van der Waals surface area contributed by atoms with Gasteiger partial charge in [-0.05, 0) is 18.9 Å². The summed E-state index contributed by atoms with van der Waals surface area (Å²) in [6, 6.07) is 0.912. The van der Waals surface area contributed by atoms with Crippen LogP contribution >= 0.6 is 0 Å². The molecule has 0 spiro atoms. The molecule has 4 nitrogen and oxygen atoms in total. The maximum atomic E-state index is 12.5. The van der Waals surface area contributed by atoms with Crippen molar-refractivity contribution < 1.29 is 13.2 Å². The van der Waals surface area contributed by atoms with Gasteiger partial charge in [-0.2, -0.15) is 13.2 Å². The van der Waals surface area contributed by atoms with Gasteiger partial charge in [-0.25, -0.2) is 9.97 Å². The fraction of sp³-hybridized carbons (Fsp3) is 0.600. The molecule has 0 amide bonds. The molecular formula is C10H13F3N4. The first-order chi connectivity index (χ1) is 8.02. The van der Waals surface area contributed by atoms with Crippen molar-refractivity contribution in [1.29, 1.82) is 0 Å². The van der Waals surface area contributed by atoms with Crippen molar-refractivity contribution >= 4 is 5.95 Å². The molecule has 1 aromatic heterocycles. The second-order valence-corrected chi connectivity index (χ2v) is 3.96. The van der Waals surface area contributed by atoms with Gasteiger partial charge in [0, 0.05) is 25.3 Å². The number of alkyl halides is 3. The molecule has 17 heavy (non-hydrogen) atoms. The molecule has 0 bridgehead atoms. The first kappa shape index (κ1) is 12.1. The highest BCUT2D eigenvalue weighted by atomic mass is 19.4. The summed E-state index contributed by atoms with van der Waals surface area (Å²) in [5.74, 6) is 0.118. The molecule has 2 N–H and O–H groups in total. The number of rotatable bonds is 2. The smallest absolute Gasteiger partial charge is 0.337 e. The number of nitrogens with two attached hydrogens (primary N) is 1. The average molecular weight is 246 g/mol. The lowest BCUT2D eigenvalue weighted by Crippen LogP contribution is -2.36. The molecule has 1 aromatic rings. The molecule has 2 heterocycles. The van der Waals surface area contributed by atoms with Crippen LogP contribution in [0.2, 0.25) is 0 Å². The van der Waals surface area contributed by atoms with Gasteiger partial charge in [0.25, 0.3) is 0 Å². The largest absolute Gasteiger partial charge is 0.433 e. The molecule has 7 heteroatoms. The van der Waals surface area contributed by atoms with E-state index in [1.54, 1.807) is 4.90 Å². The summed E-state index contributed by atoms with van der Waals surface area (Å²) in [6.07, 6.45) is -1.52. The number of aromatic nitrogens is 2. The lowest BCUT2D eigenvalue weighted by molar-refractivity contribution is -0.141. The normalized spacial score (nSPS) is 20.9. The van der Waals surface area contributed by atoms with Gasteiger partial charge in [0.15, 0.2) is 0 Å². The molecule has 2 rings (SSSR count). The summed E-state index contributed by atoms with van der Waals surface area (Å²) in [7, 11) is 0. The van der Waals surface area contributed by atoms with Gasteiger partial charge in [-0.15, -0.1) is 0 Å². The summed E-state index contributed by atoms with van der Waals surface area (Å²) < 4.78 is 37.5. The van der Waals surface area contributed by atoms with E-state index in [1.807, 2.05) is 0 Å². The lowest BCUT2D eigenvalue weighted by atomic mass is 10.2. The third-order valence-electron chi connectivity index (χ3n) is 2.84. The molecule has 1 saturated heterocycles. The number of halogens is 3. The molecule has 1 atom stereocenters. The average Bonchev–Trinajstić information content (AvgIpc) is 2.76. The molecular weight excluding hydrogens is 233 g/mol. The molecule has 94 valence electrons. The van der Waals surface area contributed by atoms with Gasteiger partial charge < -0.3 is 10.6 Å². The van der Waals surface area contributed by atoms with E-state index in [0.717, 1.165) is 25.1 Å². The van der Waals surface area contributed by atoms with Crippen molar-refractivity contribution in [2.24, 2.45) is 5.73 Å². The molecule has 0 aromatic carbocycles. The van der Waals surface area contributed by atoms with Crippen LogP contribution in [0.1, 0.15) is 18.5 Å². The van der Waals surface area contributed by atoms with Gasteiger partial charge in [0.05, 0.1) is 0 Å². The van der Waals surface area contributed by atoms with Crippen LogP contribution in [0.4, 0.5) is 19.1 Å². The molecule has 1 aliphatic rings. The van der Waals surface area contributed by atoms with Gasteiger partial charge in [-0.1, -0.05) is 0 Å². The third-order valence-corrected chi connectivity index (χ3v) is 2.84. The standard InChI is InChI=1S/C10H13F3N4/c11-10(12,13)8-3-4-15-9(16-8)17-5-1-2-7(17)6-14/h3-4,7H,1-2,5-6,14H2. The van der Waals surface area contributed by atoms with Crippen LogP contribution in [0.5, 0.6) is 0 Å². The maximum Gasteiger partial charge on any atom is 0.433 e. The van der Waals surface area contributed by atoms with E-state index in [-0.39, 0.29) is 12.0 Å². The van der Waals surface area contributed by atoms with Crippen LogP contribution in [0.3, 0.4) is 0 Å². The second-order valence-electron chi connectivity index (χ2n) is 3.96. The highest BCUT2D eigenvalue weighted by molar-refractivity contribution is 5.34. The first-order valence-electron chi connectivity index (χ1n) is 5.39. The zero-order chi connectivity index (χ0) is 12.5. The number of nitrogens with zero attached hydrogens (tertiary/aromatic N) is 3. The lowest BCUT2D eigenvalue weighted by Gasteiger charge is -2.23. The van der Waals surface area contributed by atoms with E-state index in [9.17, 15) is 13.2 Å². The Labute approximate surface area is 96.7 Å². The predicted molar refractivity (Wildman–Crippen MR) is 56.5 cm³/mol. The Balaban J connectivity index is 2.27. The van der Waals surface area contributed by atoms with Gasteiger partial charge >= 0.3 is 6.18 Å². The van der Waals surface area contributed by atoms with Crippen LogP contribution in [-0.4, -0.2) is 29.1 Å². The van der Waals surface area contributed by atoms with Gasteiger partial charge in [-0.3, -0.25) is 0 Å². The Morgan fingerprint density at radius 2 is 2.24 bits per heavy atom. The van der Waals surface area contributed by atoms with E-state index < -0.39 is 11.9 Å². The monoisotopic (exact) mass is 246 g/mol. The Hall–Kier alpha value is -1.37. The van der Waals surface area contributed by atoms with E-state index in [2.05, 4.69) is 9.97 Å². The Kier molecular flexibility index (Phi) is 3.19. The van der Waals surface area contributed by atoms with E-state index >= 15 is 0 Å². The molecule has 1 unspecified atom stereocenters. The summed E-state index contributed by atoms with van der Waals surface area (Å²) >= 11 is 0. The summed E-state index contributed by atoms with van der Waals surface area (Å²) in [5, 5.41) is 0. The van der Waals surface area contributed by atoms with E-state index in [4.69, 9.17) is 5.73 Å². The Morgan fingerprint density at radius 1 is 1.47 bits per heavy atom. The zero-order valence-electron chi connectivity index (χ0n) is 9.11. The summed E-state index contributed by atoms with van der Waals surface area (Å²) in [5.41, 5.74) is 4.65. The van der Waals surface area contributed by atoms with Gasteiger partial charge in [0.2, 0.25) is 5.95 Å². The Bertz CT molecular complexity index is 393. The number of hydrogen-bond acceptors (Lipinski definition) is 4. The molecule has 1 fully saturated rings. The van der Waals surface area contributed by atoms with Crippen molar-refractivity contribution in [1.82, 2.24) is 9.97 Å². The van der Waals surface area contributed by atoms with Crippen LogP contribution in [0.25, 0.3) is 0 Å². The fourth-order valence-electron chi connectivity index (χ4n) is 1.99. The van der Waals surface area contributed by atoms with Gasteiger partial charge in [0.1, 0.15) is 5.69 Å². The number of hydrogen-bond donors (Lipinski definition) is 1. The van der Waals surface area contributed by atoms with Crippen molar-refractivity contribution in [3.05, 3.63) is 18.0 Å². The molecule has 0 saturated carbocycles. The van der Waals surface area contributed by atoms with Crippen LogP contribution in [0, 0.1) is 0 Å². The topological polar surface area (TPSA) is 55.0 Å².